The third kappa shape index (κ3) is 4.66. The predicted molar refractivity (Wildman–Crippen MR) is 93.5 cm³/mol. The molecule has 0 aliphatic carbocycles. The number of rotatable bonds is 6. The highest BCUT2D eigenvalue weighted by Crippen LogP contribution is 2.21. The van der Waals surface area contributed by atoms with Crippen LogP contribution < -0.4 is 15.4 Å². The second-order valence-corrected chi connectivity index (χ2v) is 5.71. The fraction of sp³-hybridized carbons (Fsp3) is 0.118. The molecule has 2 aromatic rings. The molecule has 0 aliphatic rings. The van der Waals surface area contributed by atoms with E-state index < -0.39 is 0 Å². The molecule has 2 rings (SSSR count). The van der Waals surface area contributed by atoms with Gasteiger partial charge in [-0.1, -0.05) is 15.9 Å². The second kappa shape index (κ2) is 8.26. The van der Waals surface area contributed by atoms with Crippen LogP contribution in [0.2, 0.25) is 0 Å². The van der Waals surface area contributed by atoms with E-state index in [4.69, 9.17) is 4.74 Å². The largest absolute Gasteiger partial charge is 0.483 e. The fourth-order valence-electron chi connectivity index (χ4n) is 1.93. The normalized spacial score (nSPS) is 9.92. The lowest BCUT2D eigenvalue weighted by Gasteiger charge is -2.09. The van der Waals surface area contributed by atoms with Gasteiger partial charge in [0.05, 0.1) is 5.56 Å². The number of ether oxygens (including phenoxy) is 1. The molecular formula is C17H15BrN2O4. The number of nitrogens with one attached hydrogen (secondary N) is 2. The Morgan fingerprint density at radius 2 is 1.88 bits per heavy atom. The van der Waals surface area contributed by atoms with E-state index in [-0.39, 0.29) is 18.4 Å². The van der Waals surface area contributed by atoms with Crippen LogP contribution in [0.15, 0.2) is 46.9 Å². The maximum absolute atomic E-state index is 11.9. The molecule has 0 radical (unpaired) electrons. The molecule has 0 spiro atoms. The number of hydrogen-bond donors (Lipinski definition) is 2. The summed E-state index contributed by atoms with van der Waals surface area (Å²) >= 11 is 3.26. The first-order chi connectivity index (χ1) is 11.5. The molecule has 0 atom stereocenters. The Morgan fingerprint density at radius 1 is 1.17 bits per heavy atom. The topological polar surface area (TPSA) is 84.5 Å². The van der Waals surface area contributed by atoms with Gasteiger partial charge < -0.3 is 15.4 Å². The van der Waals surface area contributed by atoms with E-state index in [0.29, 0.717) is 28.8 Å². The van der Waals surface area contributed by atoms with Gasteiger partial charge in [0, 0.05) is 22.8 Å². The Balaban J connectivity index is 1.94. The van der Waals surface area contributed by atoms with Crippen LogP contribution in [0.3, 0.4) is 0 Å². The lowest BCUT2D eigenvalue weighted by molar-refractivity contribution is -0.118. The third-order valence-corrected chi connectivity index (χ3v) is 3.61. The zero-order valence-corrected chi connectivity index (χ0v) is 14.4. The first-order valence-corrected chi connectivity index (χ1v) is 7.82. The number of hydrogen-bond acceptors (Lipinski definition) is 4. The standard InChI is InChI=1S/C17H15BrN2O4/c1-19-17(23)11-2-5-14(6-3-11)20-16(22)10-24-15-7-4-13(18)8-12(15)9-21/h2-9H,10H2,1H3,(H,19,23)(H,20,22). The summed E-state index contributed by atoms with van der Waals surface area (Å²) in [5.41, 5.74) is 1.40. The molecule has 2 amide bonds. The molecule has 6 nitrogen and oxygen atoms in total. The van der Waals surface area contributed by atoms with Gasteiger partial charge in [0.1, 0.15) is 5.75 Å². The maximum atomic E-state index is 11.9. The summed E-state index contributed by atoms with van der Waals surface area (Å²) in [6.45, 7) is -0.236. The van der Waals surface area contributed by atoms with Crippen molar-refractivity contribution < 1.29 is 19.1 Å². The van der Waals surface area contributed by atoms with Crippen molar-refractivity contribution in [2.75, 3.05) is 19.0 Å². The maximum Gasteiger partial charge on any atom is 0.262 e. The number of benzene rings is 2. The Morgan fingerprint density at radius 3 is 2.50 bits per heavy atom. The van der Waals surface area contributed by atoms with Crippen molar-refractivity contribution in [3.63, 3.8) is 0 Å². The van der Waals surface area contributed by atoms with Crippen molar-refractivity contribution in [3.8, 4) is 5.75 Å². The monoisotopic (exact) mass is 390 g/mol. The molecule has 0 aromatic heterocycles. The predicted octanol–water partition coefficient (Wildman–Crippen LogP) is 2.64. The number of aldehydes is 1. The van der Waals surface area contributed by atoms with Gasteiger partial charge in [-0.25, -0.2) is 0 Å². The van der Waals surface area contributed by atoms with Crippen LogP contribution in [0.4, 0.5) is 5.69 Å². The van der Waals surface area contributed by atoms with Crippen molar-refractivity contribution in [2.45, 2.75) is 0 Å². The molecule has 0 unspecified atom stereocenters. The van der Waals surface area contributed by atoms with E-state index in [2.05, 4.69) is 26.6 Å². The first-order valence-electron chi connectivity index (χ1n) is 7.03. The van der Waals surface area contributed by atoms with Crippen molar-refractivity contribution >= 4 is 39.7 Å². The molecule has 2 aromatic carbocycles. The number of amides is 2. The van der Waals surface area contributed by atoms with E-state index in [1.54, 1.807) is 49.5 Å². The summed E-state index contributed by atoms with van der Waals surface area (Å²) in [5, 5.41) is 5.17. The van der Waals surface area contributed by atoms with Crippen molar-refractivity contribution in [1.82, 2.24) is 5.32 Å². The summed E-state index contributed by atoms with van der Waals surface area (Å²) in [6.07, 6.45) is 0.662. The Bertz CT molecular complexity index is 760. The number of carbonyl (C=O) groups is 3. The number of anilines is 1. The van der Waals surface area contributed by atoms with Crippen LogP contribution in [0, 0.1) is 0 Å². The minimum absolute atomic E-state index is 0.201. The van der Waals surface area contributed by atoms with Gasteiger partial charge in [-0.15, -0.1) is 0 Å². The Hall–Kier alpha value is -2.67. The average Bonchev–Trinajstić information content (AvgIpc) is 2.60. The van der Waals surface area contributed by atoms with Crippen LogP contribution in [-0.4, -0.2) is 31.8 Å². The van der Waals surface area contributed by atoms with Crippen LogP contribution >= 0.6 is 15.9 Å². The highest BCUT2D eigenvalue weighted by molar-refractivity contribution is 9.10. The summed E-state index contributed by atoms with van der Waals surface area (Å²) in [6, 6.07) is 11.4. The van der Waals surface area contributed by atoms with Crippen molar-refractivity contribution in [3.05, 3.63) is 58.1 Å². The molecule has 0 fully saturated rings. The molecule has 24 heavy (non-hydrogen) atoms. The number of carbonyl (C=O) groups excluding carboxylic acids is 3. The van der Waals surface area contributed by atoms with Gasteiger partial charge in [0.25, 0.3) is 11.8 Å². The van der Waals surface area contributed by atoms with E-state index >= 15 is 0 Å². The summed E-state index contributed by atoms with van der Waals surface area (Å²) in [4.78, 5) is 34.3. The van der Waals surface area contributed by atoms with Gasteiger partial charge in [0.2, 0.25) is 0 Å². The van der Waals surface area contributed by atoms with Crippen LogP contribution in [0.1, 0.15) is 20.7 Å². The number of halogens is 1. The molecule has 0 bridgehead atoms. The van der Waals surface area contributed by atoms with Gasteiger partial charge in [-0.2, -0.15) is 0 Å². The summed E-state index contributed by atoms with van der Waals surface area (Å²) in [7, 11) is 1.55. The zero-order chi connectivity index (χ0) is 17.5. The molecule has 0 aliphatic heterocycles. The summed E-state index contributed by atoms with van der Waals surface area (Å²) in [5.74, 6) is -0.242. The average molecular weight is 391 g/mol. The Labute approximate surface area is 147 Å². The SMILES string of the molecule is CNC(=O)c1ccc(NC(=O)COc2ccc(Br)cc2C=O)cc1. The molecule has 124 valence electrons. The minimum atomic E-state index is -0.373. The third-order valence-electron chi connectivity index (χ3n) is 3.12. The smallest absolute Gasteiger partial charge is 0.262 e. The van der Waals surface area contributed by atoms with Crippen LogP contribution in [-0.2, 0) is 4.79 Å². The lowest BCUT2D eigenvalue weighted by Crippen LogP contribution is -2.21. The Kier molecular flexibility index (Phi) is 6.08. The molecule has 2 N–H and O–H groups in total. The highest BCUT2D eigenvalue weighted by Gasteiger charge is 2.08. The van der Waals surface area contributed by atoms with E-state index in [0.717, 1.165) is 4.47 Å². The van der Waals surface area contributed by atoms with Crippen molar-refractivity contribution in [1.29, 1.82) is 0 Å². The minimum Gasteiger partial charge on any atom is -0.483 e. The first kappa shape index (κ1) is 17.7. The molecular weight excluding hydrogens is 376 g/mol. The van der Waals surface area contributed by atoms with Crippen LogP contribution in [0.25, 0.3) is 0 Å². The van der Waals surface area contributed by atoms with Gasteiger partial charge in [-0.05, 0) is 42.5 Å². The van der Waals surface area contributed by atoms with E-state index in [1.807, 2.05) is 0 Å². The van der Waals surface area contributed by atoms with Crippen LogP contribution in [0.5, 0.6) is 5.75 Å². The second-order valence-electron chi connectivity index (χ2n) is 4.79. The lowest BCUT2D eigenvalue weighted by atomic mass is 10.2. The van der Waals surface area contributed by atoms with Gasteiger partial charge in [0.15, 0.2) is 12.9 Å². The molecule has 0 saturated heterocycles. The molecule has 0 saturated carbocycles. The quantitative estimate of drug-likeness (QED) is 0.742. The van der Waals surface area contributed by atoms with Gasteiger partial charge >= 0.3 is 0 Å². The van der Waals surface area contributed by atoms with E-state index in [9.17, 15) is 14.4 Å². The van der Waals surface area contributed by atoms with E-state index in [1.165, 1.54) is 0 Å². The zero-order valence-electron chi connectivity index (χ0n) is 12.8. The summed E-state index contributed by atoms with van der Waals surface area (Å²) < 4.78 is 6.12. The van der Waals surface area contributed by atoms with Gasteiger partial charge in [-0.3, -0.25) is 14.4 Å². The fourth-order valence-corrected chi connectivity index (χ4v) is 2.31. The highest BCUT2D eigenvalue weighted by atomic mass is 79.9. The molecule has 0 heterocycles. The van der Waals surface area contributed by atoms with Crippen molar-refractivity contribution in [2.24, 2.45) is 0 Å². The molecule has 7 heteroatoms.